The smallest absolute Gasteiger partial charge is 0.469 e. The van der Waals surface area contributed by atoms with Crippen LogP contribution < -0.4 is 43.8 Å². The van der Waals surface area contributed by atoms with Crippen LogP contribution in [0.15, 0.2) is 4.99 Å². The molecule has 0 rings (SSSR count). The first-order valence-electron chi connectivity index (χ1n) is 13.4. The van der Waals surface area contributed by atoms with Gasteiger partial charge in [0.2, 0.25) is 29.5 Å². The van der Waals surface area contributed by atoms with Gasteiger partial charge in [0.1, 0.15) is 30.2 Å². The number of nitrogens with one attached hydrogen (secondary N) is 5. The van der Waals surface area contributed by atoms with Crippen LogP contribution in [0.25, 0.3) is 0 Å². The van der Waals surface area contributed by atoms with Crippen LogP contribution in [0.4, 0.5) is 0 Å². The van der Waals surface area contributed by atoms with Gasteiger partial charge in [0.15, 0.2) is 5.96 Å². The Labute approximate surface area is 261 Å². The van der Waals surface area contributed by atoms with Gasteiger partial charge in [0.05, 0.1) is 32.0 Å². The molecule has 5 amide bonds. The number of hydrogen-bond acceptors (Lipinski definition) is 13. The molecular formula is C22H42N9O14P. The van der Waals surface area contributed by atoms with Crippen LogP contribution in [0.1, 0.15) is 26.7 Å². The zero-order chi connectivity index (χ0) is 35.8. The molecule has 0 aromatic heterocycles. The Morgan fingerprint density at radius 2 is 1.17 bits per heavy atom. The molecule has 0 bridgehead atoms. The Balaban J connectivity index is 5.83. The summed E-state index contributed by atoms with van der Waals surface area (Å²) in [6.07, 6.45) is -1.70. The number of rotatable bonds is 21. The highest BCUT2D eigenvalue weighted by Crippen LogP contribution is 2.38. The van der Waals surface area contributed by atoms with Crippen molar-refractivity contribution in [1.82, 2.24) is 26.6 Å². The van der Waals surface area contributed by atoms with Gasteiger partial charge in [-0.2, -0.15) is 0 Å². The quantitative estimate of drug-likeness (QED) is 0.0230. The average Bonchev–Trinajstić information content (AvgIpc) is 2.95. The number of hydrogen-bond donors (Lipinski definition) is 14. The van der Waals surface area contributed by atoms with Crippen molar-refractivity contribution in [3.63, 3.8) is 0 Å². The fourth-order valence-corrected chi connectivity index (χ4v) is 3.94. The Kier molecular flexibility index (Phi) is 18.5. The first-order valence-corrected chi connectivity index (χ1v) is 14.9. The number of nitrogens with zero attached hydrogens (tertiary/aromatic N) is 1. The minimum Gasteiger partial charge on any atom is -0.480 e. The highest BCUT2D eigenvalue weighted by molar-refractivity contribution is 7.46. The largest absolute Gasteiger partial charge is 0.480 e. The van der Waals surface area contributed by atoms with Gasteiger partial charge < -0.3 is 74.0 Å². The van der Waals surface area contributed by atoms with E-state index >= 15 is 0 Å². The molecular weight excluding hydrogens is 645 g/mol. The van der Waals surface area contributed by atoms with E-state index in [4.69, 9.17) is 37.2 Å². The van der Waals surface area contributed by atoms with Crippen LogP contribution in [0.5, 0.6) is 0 Å². The molecule has 0 unspecified atom stereocenters. The molecule has 17 N–H and O–H groups in total. The van der Waals surface area contributed by atoms with E-state index < -0.39 is 106 Å². The van der Waals surface area contributed by atoms with Crippen molar-refractivity contribution in [2.24, 2.45) is 22.2 Å². The standard InChI is InChI=1S/C22H42N9O14P/c1-9(23)16(35)27-11(4-3-5-26-22(24)25)17(36)28-12(6-32)18(37)29-13(7-33)19(38)31-15(10(2)45-46(42,43)44)20(39)30-14(8-34)21(40)41/h9-15,32-34H,3-8,23H2,1-2H3,(H,27,35)(H,28,36)(H,29,37)(H,30,39)(H,31,38)(H,40,41)(H4,24,25,26)(H2,42,43,44)/t9-,10+,11-,12-,13-,14-,15-/m0/s1. The van der Waals surface area contributed by atoms with Gasteiger partial charge in [-0.3, -0.25) is 33.5 Å². The fraction of sp³-hybridized carbons (Fsp3) is 0.682. The monoisotopic (exact) mass is 687 g/mol. The van der Waals surface area contributed by atoms with Crippen LogP contribution in [-0.4, -0.2) is 140 Å². The number of aliphatic carboxylic acids is 1. The second-order valence-electron chi connectivity index (χ2n) is 9.66. The lowest BCUT2D eigenvalue weighted by Gasteiger charge is -2.28. The van der Waals surface area contributed by atoms with Crippen molar-refractivity contribution < 1.29 is 68.1 Å². The van der Waals surface area contributed by atoms with Gasteiger partial charge in [-0.1, -0.05) is 0 Å². The summed E-state index contributed by atoms with van der Waals surface area (Å²) in [7, 11) is -5.27. The van der Waals surface area contributed by atoms with E-state index in [-0.39, 0.29) is 25.3 Å². The number of carboxylic acid groups (broad SMARTS) is 1. The lowest BCUT2D eigenvalue weighted by Crippen LogP contribution is -2.62. The average molecular weight is 688 g/mol. The summed E-state index contributed by atoms with van der Waals surface area (Å²) in [6, 6.07) is -9.94. The molecule has 0 aliphatic heterocycles. The van der Waals surface area contributed by atoms with Crippen molar-refractivity contribution >= 4 is 49.3 Å². The van der Waals surface area contributed by atoms with Gasteiger partial charge in [0, 0.05) is 6.54 Å². The Morgan fingerprint density at radius 3 is 1.59 bits per heavy atom. The molecule has 264 valence electrons. The summed E-state index contributed by atoms with van der Waals surface area (Å²) in [5.41, 5.74) is 16.0. The van der Waals surface area contributed by atoms with E-state index in [1.807, 2.05) is 16.0 Å². The molecule has 0 saturated carbocycles. The SMILES string of the molecule is C[C@H](N)C(=O)N[C@@H](CCCN=C(N)N)C(=O)N[C@@H](CO)C(=O)N[C@@H](CO)C(=O)N[C@H](C(=O)N[C@@H](CO)C(=O)O)[C@@H](C)OP(=O)(O)O. The van der Waals surface area contributed by atoms with E-state index in [0.29, 0.717) is 0 Å². The van der Waals surface area contributed by atoms with Crippen molar-refractivity contribution in [2.45, 2.75) is 69.0 Å². The van der Waals surface area contributed by atoms with Crippen LogP contribution in [0.2, 0.25) is 0 Å². The molecule has 46 heavy (non-hydrogen) atoms. The van der Waals surface area contributed by atoms with E-state index in [2.05, 4.69) is 20.1 Å². The molecule has 0 fully saturated rings. The summed E-state index contributed by atoms with van der Waals surface area (Å²) >= 11 is 0. The summed E-state index contributed by atoms with van der Waals surface area (Å²) in [5, 5.41) is 48.0. The third kappa shape index (κ3) is 15.9. The Hall–Kier alpha value is -3.96. The number of nitrogens with two attached hydrogens (primary N) is 3. The molecule has 0 aromatic carbocycles. The first kappa shape index (κ1) is 42.0. The number of phosphoric ester groups is 1. The lowest BCUT2D eigenvalue weighted by molar-refractivity contribution is -0.144. The van der Waals surface area contributed by atoms with Crippen molar-refractivity contribution in [3.05, 3.63) is 0 Å². The van der Waals surface area contributed by atoms with Crippen LogP contribution >= 0.6 is 7.82 Å². The van der Waals surface area contributed by atoms with E-state index in [1.54, 1.807) is 0 Å². The van der Waals surface area contributed by atoms with Crippen LogP contribution in [0, 0.1) is 0 Å². The number of aliphatic hydroxyl groups excluding tert-OH is 3. The lowest BCUT2D eigenvalue weighted by atomic mass is 10.1. The summed E-state index contributed by atoms with van der Waals surface area (Å²) < 4.78 is 15.7. The highest BCUT2D eigenvalue weighted by Gasteiger charge is 2.37. The summed E-state index contributed by atoms with van der Waals surface area (Å²) in [5.74, 6) is -7.60. The van der Waals surface area contributed by atoms with Crippen molar-refractivity contribution in [2.75, 3.05) is 26.4 Å². The van der Waals surface area contributed by atoms with Crippen molar-refractivity contribution in [1.29, 1.82) is 0 Å². The normalized spacial score (nSPS) is 15.8. The number of carboxylic acids is 1. The molecule has 0 aliphatic carbocycles. The maximum atomic E-state index is 12.9. The number of carbonyl (C=O) groups is 6. The van der Waals surface area contributed by atoms with Gasteiger partial charge in [-0.25, -0.2) is 9.36 Å². The molecule has 0 aromatic rings. The van der Waals surface area contributed by atoms with Crippen LogP contribution in [-0.2, 0) is 37.9 Å². The molecule has 0 saturated heterocycles. The Bertz CT molecular complexity index is 1150. The summed E-state index contributed by atoms with van der Waals surface area (Å²) in [6.45, 7) is -0.970. The second kappa shape index (κ2) is 20.2. The molecule has 0 heterocycles. The van der Waals surface area contributed by atoms with Gasteiger partial charge in [-0.05, 0) is 26.7 Å². The molecule has 0 aliphatic rings. The Morgan fingerprint density at radius 1 is 0.739 bits per heavy atom. The number of phosphoric acid groups is 1. The van der Waals surface area contributed by atoms with Crippen LogP contribution in [0.3, 0.4) is 0 Å². The van der Waals surface area contributed by atoms with Gasteiger partial charge in [-0.15, -0.1) is 0 Å². The number of guanidine groups is 1. The van der Waals surface area contributed by atoms with E-state index in [1.165, 1.54) is 6.92 Å². The highest BCUT2D eigenvalue weighted by atomic mass is 31.2. The maximum absolute atomic E-state index is 12.9. The minimum absolute atomic E-state index is 0.0418. The topological polar surface area (TPSA) is 401 Å². The molecule has 0 spiro atoms. The third-order valence-electron chi connectivity index (χ3n) is 5.77. The molecule has 0 radical (unpaired) electrons. The minimum atomic E-state index is -5.27. The number of carbonyl (C=O) groups excluding carboxylic acids is 5. The molecule has 7 atom stereocenters. The molecule has 24 heteroatoms. The fourth-order valence-electron chi connectivity index (χ4n) is 3.38. The number of aliphatic imine (C=N–C) groups is 1. The predicted molar refractivity (Wildman–Crippen MR) is 155 cm³/mol. The van der Waals surface area contributed by atoms with E-state index in [0.717, 1.165) is 6.92 Å². The van der Waals surface area contributed by atoms with E-state index in [9.17, 15) is 43.5 Å². The number of amides is 5. The van der Waals surface area contributed by atoms with Gasteiger partial charge >= 0.3 is 13.8 Å². The second-order valence-corrected chi connectivity index (χ2v) is 10.8. The predicted octanol–water partition coefficient (Wildman–Crippen LogP) is -7.63. The zero-order valence-electron chi connectivity index (χ0n) is 24.9. The zero-order valence-corrected chi connectivity index (χ0v) is 25.8. The number of aliphatic hydroxyl groups is 3. The molecule has 23 nitrogen and oxygen atoms in total. The van der Waals surface area contributed by atoms with Crippen molar-refractivity contribution in [3.8, 4) is 0 Å². The summed E-state index contributed by atoms with van der Waals surface area (Å²) in [4.78, 5) is 96.6. The third-order valence-corrected chi connectivity index (χ3v) is 6.38. The first-order chi connectivity index (χ1) is 21.3. The maximum Gasteiger partial charge on any atom is 0.469 e. The van der Waals surface area contributed by atoms with Gasteiger partial charge in [0.25, 0.3) is 0 Å².